The van der Waals surface area contributed by atoms with Crippen LogP contribution in [0.1, 0.15) is 16.0 Å². The van der Waals surface area contributed by atoms with Gasteiger partial charge in [-0.1, -0.05) is 0 Å². The number of aryl methyl sites for hydroxylation is 2. The van der Waals surface area contributed by atoms with Gasteiger partial charge in [-0.25, -0.2) is 8.42 Å². The van der Waals surface area contributed by atoms with Crippen LogP contribution in [0.5, 0.6) is 0 Å². The van der Waals surface area contributed by atoms with E-state index in [4.69, 9.17) is 5.73 Å². The quantitative estimate of drug-likeness (QED) is 0.883. The molecule has 2 aromatic rings. The lowest BCUT2D eigenvalue weighted by Gasteiger charge is -2.17. The number of nitrogen functional groups attached to an aromatic ring is 1. The van der Waals surface area contributed by atoms with Crippen LogP contribution in [0.25, 0.3) is 0 Å². The molecule has 20 heavy (non-hydrogen) atoms. The molecule has 6 heteroatoms. The van der Waals surface area contributed by atoms with Gasteiger partial charge >= 0.3 is 0 Å². The van der Waals surface area contributed by atoms with Gasteiger partial charge < -0.3 is 5.73 Å². The molecule has 4 nitrogen and oxygen atoms in total. The van der Waals surface area contributed by atoms with Crippen molar-refractivity contribution in [2.45, 2.75) is 25.3 Å². The minimum absolute atomic E-state index is 0.279. The van der Waals surface area contributed by atoms with Gasteiger partial charge in [0.05, 0.1) is 4.90 Å². The highest BCUT2D eigenvalue weighted by molar-refractivity contribution is 7.89. The standard InChI is InChI=1S/C14H18N2O2S2/c1-10-6-7-19-14(10)9-16(3)20(17,18)12-4-5-13(15)11(2)8-12/h4-8H,9,15H2,1-3H3. The lowest BCUT2D eigenvalue weighted by atomic mass is 10.2. The maximum atomic E-state index is 12.5. The van der Waals surface area contributed by atoms with Crippen LogP contribution < -0.4 is 5.73 Å². The average molecular weight is 310 g/mol. The van der Waals surface area contributed by atoms with E-state index in [-0.39, 0.29) is 4.90 Å². The van der Waals surface area contributed by atoms with Crippen molar-refractivity contribution >= 4 is 27.0 Å². The Balaban J connectivity index is 2.29. The summed E-state index contributed by atoms with van der Waals surface area (Å²) in [5.41, 5.74) is 8.22. The molecule has 0 amide bonds. The molecule has 0 saturated heterocycles. The second-order valence-electron chi connectivity index (χ2n) is 4.81. The van der Waals surface area contributed by atoms with Crippen molar-refractivity contribution in [1.29, 1.82) is 0 Å². The van der Waals surface area contributed by atoms with Gasteiger partial charge in [-0.2, -0.15) is 4.31 Å². The monoisotopic (exact) mass is 310 g/mol. The highest BCUT2D eigenvalue weighted by atomic mass is 32.2. The summed E-state index contributed by atoms with van der Waals surface area (Å²) in [5, 5.41) is 1.97. The van der Waals surface area contributed by atoms with Crippen LogP contribution in [0.3, 0.4) is 0 Å². The Hall–Kier alpha value is -1.37. The average Bonchev–Trinajstić information content (AvgIpc) is 2.78. The van der Waals surface area contributed by atoms with Gasteiger partial charge in [0.2, 0.25) is 10.0 Å². The summed E-state index contributed by atoms with van der Waals surface area (Å²) in [6, 6.07) is 6.79. The number of rotatable bonds is 4. The smallest absolute Gasteiger partial charge is 0.243 e. The first-order chi connectivity index (χ1) is 9.32. The topological polar surface area (TPSA) is 63.4 Å². The molecule has 0 atom stereocenters. The number of sulfonamides is 1. The number of anilines is 1. The van der Waals surface area contributed by atoms with Crippen molar-refractivity contribution in [3.63, 3.8) is 0 Å². The Labute approximate surface area is 123 Å². The third-order valence-electron chi connectivity index (χ3n) is 3.28. The van der Waals surface area contributed by atoms with Crippen molar-refractivity contribution in [3.8, 4) is 0 Å². The summed E-state index contributed by atoms with van der Waals surface area (Å²) in [6.07, 6.45) is 0. The lowest BCUT2D eigenvalue weighted by molar-refractivity contribution is 0.469. The fraction of sp³-hybridized carbons (Fsp3) is 0.286. The van der Waals surface area contributed by atoms with Crippen LogP contribution in [0, 0.1) is 13.8 Å². The molecular formula is C14H18N2O2S2. The Morgan fingerprint density at radius 1 is 1.20 bits per heavy atom. The summed E-state index contributed by atoms with van der Waals surface area (Å²) in [6.45, 7) is 4.17. The van der Waals surface area contributed by atoms with Crippen LogP contribution in [0.4, 0.5) is 5.69 Å². The van der Waals surface area contributed by atoms with E-state index in [0.717, 1.165) is 16.0 Å². The maximum absolute atomic E-state index is 12.5. The van der Waals surface area contributed by atoms with Crippen molar-refractivity contribution in [3.05, 3.63) is 45.6 Å². The van der Waals surface area contributed by atoms with Crippen LogP contribution in [-0.2, 0) is 16.6 Å². The van der Waals surface area contributed by atoms with Crippen molar-refractivity contribution in [1.82, 2.24) is 4.31 Å². The maximum Gasteiger partial charge on any atom is 0.243 e. The molecule has 0 unspecified atom stereocenters. The van der Waals surface area contributed by atoms with E-state index in [9.17, 15) is 8.42 Å². The Morgan fingerprint density at radius 3 is 2.45 bits per heavy atom. The van der Waals surface area contributed by atoms with E-state index in [2.05, 4.69) is 0 Å². The Kier molecular flexibility index (Phi) is 4.17. The minimum atomic E-state index is -3.49. The molecule has 0 saturated carbocycles. The predicted octanol–water partition coefficient (Wildman–Crippen LogP) is 2.77. The molecule has 0 radical (unpaired) electrons. The zero-order valence-corrected chi connectivity index (χ0v) is 13.4. The normalized spacial score (nSPS) is 12.0. The molecule has 1 heterocycles. The van der Waals surface area contributed by atoms with Crippen molar-refractivity contribution < 1.29 is 8.42 Å². The van der Waals surface area contributed by atoms with Gasteiger partial charge in [0.25, 0.3) is 0 Å². The molecule has 2 N–H and O–H groups in total. The van der Waals surface area contributed by atoms with Gasteiger partial charge in [0.1, 0.15) is 0 Å². The van der Waals surface area contributed by atoms with E-state index in [1.165, 1.54) is 4.31 Å². The highest BCUT2D eigenvalue weighted by Crippen LogP contribution is 2.23. The number of hydrogen-bond donors (Lipinski definition) is 1. The van der Waals surface area contributed by atoms with Gasteiger partial charge in [0, 0.05) is 24.2 Å². The molecule has 1 aromatic carbocycles. The molecule has 0 fully saturated rings. The first kappa shape index (κ1) is 15.0. The molecule has 0 bridgehead atoms. The SMILES string of the molecule is Cc1cc(S(=O)(=O)N(C)Cc2sccc2C)ccc1N. The minimum Gasteiger partial charge on any atom is -0.399 e. The fourth-order valence-electron chi connectivity index (χ4n) is 1.84. The number of hydrogen-bond acceptors (Lipinski definition) is 4. The van der Waals surface area contributed by atoms with Crippen LogP contribution >= 0.6 is 11.3 Å². The summed E-state index contributed by atoms with van der Waals surface area (Å²) < 4.78 is 26.4. The zero-order chi connectivity index (χ0) is 14.9. The van der Waals surface area contributed by atoms with Crippen molar-refractivity contribution in [2.75, 3.05) is 12.8 Å². The van der Waals surface area contributed by atoms with Crippen LogP contribution in [-0.4, -0.2) is 19.8 Å². The number of thiophene rings is 1. The third kappa shape index (κ3) is 2.87. The number of nitrogens with zero attached hydrogens (tertiary/aromatic N) is 1. The van der Waals surface area contributed by atoms with Gasteiger partial charge in [-0.3, -0.25) is 0 Å². The largest absolute Gasteiger partial charge is 0.399 e. The number of nitrogens with two attached hydrogens (primary N) is 1. The first-order valence-corrected chi connectivity index (χ1v) is 8.50. The first-order valence-electron chi connectivity index (χ1n) is 6.18. The van der Waals surface area contributed by atoms with E-state index in [1.807, 2.05) is 18.4 Å². The van der Waals surface area contributed by atoms with Gasteiger partial charge in [-0.05, 0) is 54.6 Å². The molecule has 0 aliphatic heterocycles. The zero-order valence-electron chi connectivity index (χ0n) is 11.8. The Morgan fingerprint density at radius 2 is 1.90 bits per heavy atom. The van der Waals surface area contributed by atoms with Crippen molar-refractivity contribution in [2.24, 2.45) is 0 Å². The summed E-state index contributed by atoms with van der Waals surface area (Å²) in [7, 11) is -1.89. The van der Waals surface area contributed by atoms with E-state index in [1.54, 1.807) is 43.5 Å². The molecule has 108 valence electrons. The second kappa shape index (κ2) is 5.55. The van der Waals surface area contributed by atoms with E-state index < -0.39 is 10.0 Å². The summed E-state index contributed by atoms with van der Waals surface area (Å²) in [4.78, 5) is 1.34. The summed E-state index contributed by atoms with van der Waals surface area (Å²) >= 11 is 1.57. The highest BCUT2D eigenvalue weighted by Gasteiger charge is 2.22. The molecule has 2 rings (SSSR count). The van der Waals surface area contributed by atoms with E-state index in [0.29, 0.717) is 12.2 Å². The predicted molar refractivity (Wildman–Crippen MR) is 83.3 cm³/mol. The molecule has 0 aliphatic carbocycles. The van der Waals surface area contributed by atoms with E-state index >= 15 is 0 Å². The van der Waals surface area contributed by atoms with Gasteiger partial charge in [0.15, 0.2) is 0 Å². The van der Waals surface area contributed by atoms with Crippen LogP contribution in [0.2, 0.25) is 0 Å². The third-order valence-corrected chi connectivity index (χ3v) is 6.09. The second-order valence-corrected chi connectivity index (χ2v) is 7.85. The van der Waals surface area contributed by atoms with Gasteiger partial charge in [-0.15, -0.1) is 11.3 Å². The molecular weight excluding hydrogens is 292 g/mol. The molecule has 1 aromatic heterocycles. The van der Waals surface area contributed by atoms with Crippen LogP contribution in [0.15, 0.2) is 34.5 Å². The number of benzene rings is 1. The molecule has 0 spiro atoms. The Bertz CT molecular complexity index is 721. The fourth-order valence-corrected chi connectivity index (χ4v) is 4.11. The molecule has 0 aliphatic rings. The lowest BCUT2D eigenvalue weighted by Crippen LogP contribution is -2.26. The summed E-state index contributed by atoms with van der Waals surface area (Å²) in [5.74, 6) is 0.